The van der Waals surface area contributed by atoms with Gasteiger partial charge in [-0.2, -0.15) is 0 Å². The Kier molecular flexibility index (Phi) is 1.85. The Balaban J connectivity index is 2.88. The SMILES string of the molecule is [CH2]c1cncc2ccc(Br)cc12. The van der Waals surface area contributed by atoms with Crippen LogP contribution in [0.1, 0.15) is 5.56 Å². The Morgan fingerprint density at radius 3 is 2.92 bits per heavy atom. The van der Waals surface area contributed by atoms with Crippen LogP contribution in [0.15, 0.2) is 35.1 Å². The fourth-order valence-corrected chi connectivity index (χ4v) is 1.56. The Morgan fingerprint density at radius 2 is 2.08 bits per heavy atom. The summed E-state index contributed by atoms with van der Waals surface area (Å²) in [7, 11) is 0. The number of hydrogen-bond donors (Lipinski definition) is 0. The Morgan fingerprint density at radius 1 is 1.25 bits per heavy atom. The van der Waals surface area contributed by atoms with Gasteiger partial charge in [0.1, 0.15) is 0 Å². The van der Waals surface area contributed by atoms with E-state index in [1.54, 1.807) is 6.20 Å². The summed E-state index contributed by atoms with van der Waals surface area (Å²) in [6.07, 6.45) is 3.62. The molecule has 0 aliphatic rings. The fraction of sp³-hybridized carbons (Fsp3) is 0. The average molecular weight is 221 g/mol. The van der Waals surface area contributed by atoms with Gasteiger partial charge in [0.15, 0.2) is 0 Å². The van der Waals surface area contributed by atoms with Crippen molar-refractivity contribution in [2.45, 2.75) is 0 Å². The maximum absolute atomic E-state index is 4.06. The van der Waals surface area contributed by atoms with Crippen molar-refractivity contribution in [2.75, 3.05) is 0 Å². The summed E-state index contributed by atoms with van der Waals surface area (Å²) in [6, 6.07) is 6.09. The highest BCUT2D eigenvalue weighted by Gasteiger charge is 1.96. The van der Waals surface area contributed by atoms with Crippen molar-refractivity contribution in [2.24, 2.45) is 0 Å². The Labute approximate surface area is 79.6 Å². The molecule has 0 fully saturated rings. The van der Waals surface area contributed by atoms with E-state index in [9.17, 15) is 0 Å². The van der Waals surface area contributed by atoms with Crippen molar-refractivity contribution in [1.82, 2.24) is 4.98 Å². The van der Waals surface area contributed by atoms with E-state index in [4.69, 9.17) is 0 Å². The van der Waals surface area contributed by atoms with Gasteiger partial charge in [-0.15, -0.1) is 0 Å². The van der Waals surface area contributed by atoms with Crippen molar-refractivity contribution in [3.63, 3.8) is 0 Å². The first-order valence-corrected chi connectivity index (χ1v) is 4.42. The van der Waals surface area contributed by atoms with Crippen molar-refractivity contribution < 1.29 is 0 Å². The number of aromatic nitrogens is 1. The fourth-order valence-electron chi connectivity index (χ4n) is 1.20. The van der Waals surface area contributed by atoms with Crippen LogP contribution in [0.5, 0.6) is 0 Å². The number of rotatable bonds is 0. The normalized spacial score (nSPS) is 10.5. The Bertz CT molecular complexity index is 423. The van der Waals surface area contributed by atoms with Crippen molar-refractivity contribution in [1.29, 1.82) is 0 Å². The first-order valence-electron chi connectivity index (χ1n) is 3.62. The van der Waals surface area contributed by atoms with Crippen LogP contribution in [0.4, 0.5) is 0 Å². The second kappa shape index (κ2) is 2.87. The summed E-state index contributed by atoms with van der Waals surface area (Å²) in [4.78, 5) is 4.06. The highest BCUT2D eigenvalue weighted by Crippen LogP contribution is 2.21. The lowest BCUT2D eigenvalue weighted by atomic mass is 10.1. The molecule has 1 aromatic carbocycles. The maximum atomic E-state index is 4.06. The molecule has 2 rings (SSSR count). The third kappa shape index (κ3) is 1.23. The van der Waals surface area contributed by atoms with E-state index in [-0.39, 0.29) is 0 Å². The lowest BCUT2D eigenvalue weighted by Crippen LogP contribution is -1.80. The van der Waals surface area contributed by atoms with Gasteiger partial charge in [-0.05, 0) is 30.0 Å². The summed E-state index contributed by atoms with van der Waals surface area (Å²) < 4.78 is 1.08. The molecule has 1 radical (unpaired) electrons. The van der Waals surface area contributed by atoms with Crippen molar-refractivity contribution in [3.8, 4) is 0 Å². The molecule has 0 saturated heterocycles. The average Bonchev–Trinajstić information content (AvgIpc) is 2.07. The van der Waals surface area contributed by atoms with E-state index in [2.05, 4.69) is 33.9 Å². The lowest BCUT2D eigenvalue weighted by Gasteiger charge is -2.00. The molecule has 0 amide bonds. The van der Waals surface area contributed by atoms with Gasteiger partial charge in [0.25, 0.3) is 0 Å². The molecule has 0 saturated carbocycles. The number of nitrogens with zero attached hydrogens (tertiary/aromatic N) is 1. The molecule has 0 bridgehead atoms. The third-order valence-electron chi connectivity index (χ3n) is 1.81. The summed E-state index contributed by atoms with van der Waals surface area (Å²) in [5.74, 6) is 0. The van der Waals surface area contributed by atoms with E-state index in [0.717, 1.165) is 20.8 Å². The molecular weight excluding hydrogens is 214 g/mol. The van der Waals surface area contributed by atoms with Gasteiger partial charge in [-0.1, -0.05) is 22.0 Å². The molecule has 59 valence electrons. The molecule has 0 spiro atoms. The molecule has 0 unspecified atom stereocenters. The van der Waals surface area contributed by atoms with Crippen LogP contribution in [0.2, 0.25) is 0 Å². The van der Waals surface area contributed by atoms with Gasteiger partial charge >= 0.3 is 0 Å². The zero-order valence-corrected chi connectivity index (χ0v) is 8.01. The van der Waals surface area contributed by atoms with E-state index < -0.39 is 0 Å². The van der Waals surface area contributed by atoms with Crippen molar-refractivity contribution in [3.05, 3.63) is 47.6 Å². The zero-order valence-electron chi connectivity index (χ0n) is 6.42. The second-order valence-electron chi connectivity index (χ2n) is 2.66. The maximum Gasteiger partial charge on any atom is 0.0346 e. The van der Waals surface area contributed by atoms with Gasteiger partial charge in [0.05, 0.1) is 0 Å². The predicted octanol–water partition coefficient (Wildman–Crippen LogP) is 3.18. The first-order chi connectivity index (χ1) is 5.77. The summed E-state index contributed by atoms with van der Waals surface area (Å²) in [6.45, 7) is 3.91. The van der Waals surface area contributed by atoms with E-state index in [1.807, 2.05) is 18.3 Å². The van der Waals surface area contributed by atoms with Crippen LogP contribution in [0.3, 0.4) is 0 Å². The molecule has 0 atom stereocenters. The number of pyridine rings is 1. The molecule has 1 aromatic heterocycles. The molecule has 12 heavy (non-hydrogen) atoms. The topological polar surface area (TPSA) is 12.9 Å². The van der Waals surface area contributed by atoms with Crippen LogP contribution in [0.25, 0.3) is 10.8 Å². The van der Waals surface area contributed by atoms with Gasteiger partial charge in [0, 0.05) is 22.3 Å². The quantitative estimate of drug-likeness (QED) is 0.665. The number of benzene rings is 1. The molecule has 0 aliphatic carbocycles. The first kappa shape index (κ1) is 7.74. The smallest absolute Gasteiger partial charge is 0.0346 e. The minimum absolute atomic E-state index is 0.966. The van der Waals surface area contributed by atoms with Crippen LogP contribution in [-0.2, 0) is 0 Å². The summed E-state index contributed by atoms with van der Waals surface area (Å²) in [5.41, 5.74) is 0.966. The third-order valence-corrected chi connectivity index (χ3v) is 2.30. The van der Waals surface area contributed by atoms with Gasteiger partial charge < -0.3 is 0 Å². The molecule has 2 aromatic rings. The number of fused-ring (bicyclic) bond motifs is 1. The number of hydrogen-bond acceptors (Lipinski definition) is 1. The molecule has 1 nitrogen and oxygen atoms in total. The molecule has 1 heterocycles. The summed E-state index contributed by atoms with van der Waals surface area (Å²) in [5, 5.41) is 2.28. The molecule has 2 heteroatoms. The van der Waals surface area contributed by atoms with E-state index in [1.165, 1.54) is 0 Å². The molecule has 0 aliphatic heterocycles. The van der Waals surface area contributed by atoms with Gasteiger partial charge in [-0.3, -0.25) is 4.98 Å². The largest absolute Gasteiger partial charge is 0.264 e. The van der Waals surface area contributed by atoms with Gasteiger partial charge in [-0.25, -0.2) is 0 Å². The van der Waals surface area contributed by atoms with E-state index >= 15 is 0 Å². The highest BCUT2D eigenvalue weighted by molar-refractivity contribution is 9.10. The lowest BCUT2D eigenvalue weighted by molar-refractivity contribution is 1.34. The number of halogens is 1. The van der Waals surface area contributed by atoms with Crippen molar-refractivity contribution >= 4 is 26.7 Å². The zero-order chi connectivity index (χ0) is 8.55. The molecule has 0 N–H and O–H groups in total. The standard InChI is InChI=1S/C10H7BrN/c1-7-5-12-6-8-2-3-9(11)4-10(7)8/h2-6H,1H2. The predicted molar refractivity (Wildman–Crippen MR) is 53.9 cm³/mol. The Hall–Kier alpha value is -0.890. The van der Waals surface area contributed by atoms with Crippen LogP contribution < -0.4 is 0 Å². The highest BCUT2D eigenvalue weighted by atomic mass is 79.9. The minimum Gasteiger partial charge on any atom is -0.264 e. The molecular formula is C10H7BrN. The van der Waals surface area contributed by atoms with Crippen LogP contribution in [-0.4, -0.2) is 4.98 Å². The van der Waals surface area contributed by atoms with Gasteiger partial charge in [0.2, 0.25) is 0 Å². The van der Waals surface area contributed by atoms with Crippen LogP contribution >= 0.6 is 15.9 Å². The monoisotopic (exact) mass is 220 g/mol. The minimum atomic E-state index is 0.966. The van der Waals surface area contributed by atoms with E-state index in [0.29, 0.717) is 0 Å². The van der Waals surface area contributed by atoms with Crippen LogP contribution in [0, 0.1) is 6.92 Å². The second-order valence-corrected chi connectivity index (χ2v) is 3.58. The summed E-state index contributed by atoms with van der Waals surface area (Å²) >= 11 is 3.42.